The average Bonchev–Trinajstić information content (AvgIpc) is 3.30. The minimum absolute atomic E-state index is 0.0677. The number of fused-ring (bicyclic) bond motifs is 1. The number of carbonyl (C=O) groups is 1. The zero-order valence-corrected chi connectivity index (χ0v) is 17.3. The van der Waals surface area contributed by atoms with Gasteiger partial charge in [-0.2, -0.15) is 5.10 Å². The van der Waals surface area contributed by atoms with E-state index in [0.29, 0.717) is 18.7 Å². The van der Waals surface area contributed by atoms with Crippen molar-refractivity contribution in [3.8, 4) is 5.69 Å². The first-order valence-corrected chi connectivity index (χ1v) is 9.99. The number of rotatable bonds is 6. The molecule has 4 rings (SSSR count). The molecule has 4 aromatic rings. The van der Waals surface area contributed by atoms with Gasteiger partial charge in [0.05, 0.1) is 34.2 Å². The van der Waals surface area contributed by atoms with Gasteiger partial charge in [-0.25, -0.2) is 14.1 Å². The van der Waals surface area contributed by atoms with Gasteiger partial charge in [-0.05, 0) is 49.2 Å². The van der Waals surface area contributed by atoms with Crippen LogP contribution in [0, 0.1) is 12.7 Å². The molecule has 0 saturated heterocycles. The van der Waals surface area contributed by atoms with Gasteiger partial charge in [0.2, 0.25) is 0 Å². The van der Waals surface area contributed by atoms with Gasteiger partial charge in [0.1, 0.15) is 11.6 Å². The molecule has 7 heteroatoms. The molecule has 0 aliphatic rings. The Hall–Kier alpha value is -3.48. The van der Waals surface area contributed by atoms with Gasteiger partial charge in [-0.1, -0.05) is 26.0 Å². The van der Waals surface area contributed by atoms with Gasteiger partial charge in [-0.3, -0.25) is 4.79 Å². The van der Waals surface area contributed by atoms with E-state index in [1.54, 1.807) is 23.0 Å². The van der Waals surface area contributed by atoms with E-state index < -0.39 is 0 Å². The SMILES string of the molecule is Cc1nc2ccccc2n1CCNC(=O)c1cnn(-c2ccc(F)cc2)c1C(C)C. The molecule has 0 unspecified atom stereocenters. The third-order valence-corrected chi connectivity index (χ3v) is 5.14. The van der Waals surface area contributed by atoms with Gasteiger partial charge in [-0.15, -0.1) is 0 Å². The Kier molecular flexibility index (Phi) is 5.35. The first kappa shape index (κ1) is 19.8. The minimum atomic E-state index is -0.308. The van der Waals surface area contributed by atoms with Crippen LogP contribution in [0.1, 0.15) is 41.6 Å². The van der Waals surface area contributed by atoms with E-state index in [1.807, 2.05) is 45.0 Å². The van der Waals surface area contributed by atoms with Gasteiger partial charge in [0, 0.05) is 13.1 Å². The first-order chi connectivity index (χ1) is 14.5. The highest BCUT2D eigenvalue weighted by atomic mass is 19.1. The molecule has 2 heterocycles. The Morgan fingerprint density at radius 1 is 1.13 bits per heavy atom. The number of nitrogens with zero attached hydrogens (tertiary/aromatic N) is 4. The van der Waals surface area contributed by atoms with Crippen molar-refractivity contribution in [3.05, 3.63) is 77.6 Å². The maximum absolute atomic E-state index is 13.3. The van der Waals surface area contributed by atoms with E-state index in [2.05, 4.69) is 20.0 Å². The second-order valence-electron chi connectivity index (χ2n) is 7.54. The summed E-state index contributed by atoms with van der Waals surface area (Å²) in [6.07, 6.45) is 1.58. The van der Waals surface area contributed by atoms with Gasteiger partial charge in [0.15, 0.2) is 0 Å². The van der Waals surface area contributed by atoms with Crippen LogP contribution in [0.25, 0.3) is 16.7 Å². The minimum Gasteiger partial charge on any atom is -0.350 e. The molecule has 0 atom stereocenters. The molecule has 0 saturated carbocycles. The standard InChI is InChI=1S/C23H24FN5O/c1-15(2)22-19(14-26-29(22)18-10-8-17(24)9-11-18)23(30)25-12-13-28-16(3)27-20-6-4-5-7-21(20)28/h4-11,14-15H,12-13H2,1-3H3,(H,25,30). The van der Waals surface area contributed by atoms with Crippen molar-refractivity contribution in [2.75, 3.05) is 6.54 Å². The molecule has 154 valence electrons. The summed E-state index contributed by atoms with van der Waals surface area (Å²) in [5.41, 5.74) is 4.05. The number of aryl methyl sites for hydroxylation is 1. The lowest BCUT2D eigenvalue weighted by Gasteiger charge is -2.13. The Morgan fingerprint density at radius 3 is 2.60 bits per heavy atom. The van der Waals surface area contributed by atoms with E-state index in [9.17, 15) is 9.18 Å². The topological polar surface area (TPSA) is 64.7 Å². The summed E-state index contributed by atoms with van der Waals surface area (Å²) < 4.78 is 17.1. The molecule has 0 aliphatic heterocycles. The van der Waals surface area contributed by atoms with E-state index in [0.717, 1.165) is 28.2 Å². The smallest absolute Gasteiger partial charge is 0.254 e. The number of nitrogens with one attached hydrogen (secondary N) is 1. The van der Waals surface area contributed by atoms with E-state index >= 15 is 0 Å². The monoisotopic (exact) mass is 405 g/mol. The summed E-state index contributed by atoms with van der Waals surface area (Å²) >= 11 is 0. The zero-order valence-electron chi connectivity index (χ0n) is 17.3. The number of para-hydroxylation sites is 2. The predicted molar refractivity (Wildman–Crippen MR) is 114 cm³/mol. The lowest BCUT2D eigenvalue weighted by atomic mass is 10.1. The Labute approximate surface area is 174 Å². The molecule has 0 bridgehead atoms. The number of hydrogen-bond donors (Lipinski definition) is 1. The van der Waals surface area contributed by atoms with Crippen LogP contribution in [0.15, 0.2) is 54.7 Å². The lowest BCUT2D eigenvalue weighted by Crippen LogP contribution is -2.28. The Bertz CT molecular complexity index is 1190. The highest BCUT2D eigenvalue weighted by molar-refractivity contribution is 5.95. The Morgan fingerprint density at radius 2 is 1.87 bits per heavy atom. The normalized spacial score (nSPS) is 11.4. The van der Waals surface area contributed by atoms with Crippen molar-refractivity contribution < 1.29 is 9.18 Å². The fourth-order valence-corrected chi connectivity index (χ4v) is 3.73. The van der Waals surface area contributed by atoms with Crippen LogP contribution < -0.4 is 5.32 Å². The third-order valence-electron chi connectivity index (χ3n) is 5.14. The van der Waals surface area contributed by atoms with Crippen molar-refractivity contribution in [2.24, 2.45) is 0 Å². The fourth-order valence-electron chi connectivity index (χ4n) is 3.73. The predicted octanol–water partition coefficient (Wildman–Crippen LogP) is 4.22. The average molecular weight is 405 g/mol. The van der Waals surface area contributed by atoms with Crippen molar-refractivity contribution in [1.29, 1.82) is 0 Å². The number of imidazole rings is 1. The van der Waals surface area contributed by atoms with Crippen LogP contribution in [0.4, 0.5) is 4.39 Å². The second kappa shape index (κ2) is 8.10. The number of hydrogen-bond acceptors (Lipinski definition) is 3. The van der Waals surface area contributed by atoms with Crippen LogP contribution in [-0.4, -0.2) is 31.8 Å². The van der Waals surface area contributed by atoms with Crippen LogP contribution in [0.3, 0.4) is 0 Å². The molecule has 0 aliphatic carbocycles. The lowest BCUT2D eigenvalue weighted by molar-refractivity contribution is 0.0951. The van der Waals surface area contributed by atoms with Crippen molar-refractivity contribution >= 4 is 16.9 Å². The Balaban J connectivity index is 1.52. The zero-order chi connectivity index (χ0) is 21.3. The molecule has 0 radical (unpaired) electrons. The van der Waals surface area contributed by atoms with Crippen molar-refractivity contribution in [3.63, 3.8) is 0 Å². The summed E-state index contributed by atoms with van der Waals surface area (Å²) in [6.45, 7) is 7.08. The van der Waals surface area contributed by atoms with E-state index in [4.69, 9.17) is 0 Å². The summed E-state index contributed by atoms with van der Waals surface area (Å²) in [6, 6.07) is 14.0. The molecule has 30 heavy (non-hydrogen) atoms. The second-order valence-corrected chi connectivity index (χ2v) is 7.54. The largest absolute Gasteiger partial charge is 0.350 e. The van der Waals surface area contributed by atoms with Crippen LogP contribution in [0.2, 0.25) is 0 Å². The van der Waals surface area contributed by atoms with Crippen molar-refractivity contribution in [1.82, 2.24) is 24.6 Å². The molecule has 1 amide bonds. The number of aromatic nitrogens is 4. The summed E-state index contributed by atoms with van der Waals surface area (Å²) in [5.74, 6) is 0.502. The summed E-state index contributed by atoms with van der Waals surface area (Å²) in [5, 5.41) is 7.39. The molecule has 1 N–H and O–H groups in total. The maximum atomic E-state index is 13.3. The number of halogens is 1. The highest BCUT2D eigenvalue weighted by Crippen LogP contribution is 2.23. The van der Waals surface area contributed by atoms with Gasteiger partial charge in [0.25, 0.3) is 5.91 Å². The van der Waals surface area contributed by atoms with Gasteiger partial charge < -0.3 is 9.88 Å². The number of benzene rings is 2. The summed E-state index contributed by atoms with van der Waals surface area (Å²) in [4.78, 5) is 17.5. The molecule has 6 nitrogen and oxygen atoms in total. The highest BCUT2D eigenvalue weighted by Gasteiger charge is 2.21. The molecule has 2 aromatic carbocycles. The quantitative estimate of drug-likeness (QED) is 0.522. The summed E-state index contributed by atoms with van der Waals surface area (Å²) in [7, 11) is 0. The van der Waals surface area contributed by atoms with Crippen molar-refractivity contribution in [2.45, 2.75) is 33.2 Å². The fraction of sp³-hybridized carbons (Fsp3) is 0.261. The maximum Gasteiger partial charge on any atom is 0.254 e. The van der Waals surface area contributed by atoms with Gasteiger partial charge >= 0.3 is 0 Å². The number of amides is 1. The molecule has 2 aromatic heterocycles. The molecule has 0 spiro atoms. The van der Waals surface area contributed by atoms with E-state index in [-0.39, 0.29) is 17.6 Å². The van der Waals surface area contributed by atoms with Crippen LogP contribution in [0.5, 0.6) is 0 Å². The third kappa shape index (κ3) is 3.70. The van der Waals surface area contributed by atoms with E-state index in [1.165, 1.54) is 12.1 Å². The molecular weight excluding hydrogens is 381 g/mol. The van der Waals surface area contributed by atoms with Crippen LogP contribution in [-0.2, 0) is 6.54 Å². The molecular formula is C23H24FN5O. The number of carbonyl (C=O) groups excluding carboxylic acids is 1. The first-order valence-electron chi connectivity index (χ1n) is 9.99. The van der Waals surface area contributed by atoms with Crippen LogP contribution >= 0.6 is 0 Å². The molecule has 0 fully saturated rings.